The Kier molecular flexibility index (Phi) is 4.97. The van der Waals surface area contributed by atoms with Crippen LogP contribution in [0.25, 0.3) is 0 Å². The molecule has 1 aromatic heterocycles. The van der Waals surface area contributed by atoms with Gasteiger partial charge in [-0.05, 0) is 19.1 Å². The number of anilines is 1. The first-order valence-electron chi connectivity index (χ1n) is 7.58. The summed E-state index contributed by atoms with van der Waals surface area (Å²) < 4.78 is 11.3. The van der Waals surface area contributed by atoms with Crippen LogP contribution in [0.3, 0.4) is 0 Å². The number of hydrogen-bond donors (Lipinski definition) is 2. The highest BCUT2D eigenvalue weighted by molar-refractivity contribution is 7.09. The van der Waals surface area contributed by atoms with Crippen molar-refractivity contribution in [2.24, 2.45) is 10.7 Å². The van der Waals surface area contributed by atoms with E-state index in [4.69, 9.17) is 15.2 Å². The van der Waals surface area contributed by atoms with Gasteiger partial charge in [-0.25, -0.2) is 4.98 Å². The predicted octanol–water partition coefficient (Wildman–Crippen LogP) is 2.58. The number of nitrogens with zero attached hydrogens (tertiary/aromatic N) is 2. The Hall–Kier alpha value is -2.28. The second kappa shape index (κ2) is 7.32. The van der Waals surface area contributed by atoms with Gasteiger partial charge in [0.15, 0.2) is 17.5 Å². The lowest BCUT2D eigenvalue weighted by molar-refractivity contribution is 0.297. The second-order valence-electron chi connectivity index (χ2n) is 5.21. The largest absolute Gasteiger partial charge is 0.490 e. The number of aliphatic imine (C=N–C) groups is 1. The van der Waals surface area contributed by atoms with Gasteiger partial charge >= 0.3 is 0 Å². The summed E-state index contributed by atoms with van der Waals surface area (Å²) in [6.07, 6.45) is 1.67. The van der Waals surface area contributed by atoms with Crippen LogP contribution < -0.4 is 20.5 Å². The van der Waals surface area contributed by atoms with E-state index in [2.05, 4.69) is 20.7 Å². The molecule has 0 saturated heterocycles. The number of guanidine groups is 1. The van der Waals surface area contributed by atoms with Crippen molar-refractivity contribution in [3.63, 3.8) is 0 Å². The molecular formula is C16H20N4O2S. The molecule has 1 aliphatic rings. The van der Waals surface area contributed by atoms with Crippen molar-refractivity contribution in [3.8, 4) is 11.5 Å². The third-order valence-corrected chi connectivity index (χ3v) is 4.16. The van der Waals surface area contributed by atoms with E-state index in [0.717, 1.165) is 40.7 Å². The molecule has 0 atom stereocenters. The maximum absolute atomic E-state index is 5.93. The molecule has 0 amide bonds. The zero-order chi connectivity index (χ0) is 16.1. The number of fused-ring (bicyclic) bond motifs is 1. The second-order valence-corrected chi connectivity index (χ2v) is 6.27. The quantitative estimate of drug-likeness (QED) is 0.664. The molecule has 0 spiro atoms. The van der Waals surface area contributed by atoms with Crippen LogP contribution in [0.15, 0.2) is 28.6 Å². The van der Waals surface area contributed by atoms with Crippen LogP contribution >= 0.6 is 11.3 Å². The van der Waals surface area contributed by atoms with Crippen molar-refractivity contribution in [1.29, 1.82) is 0 Å². The molecule has 0 radical (unpaired) electrons. The summed E-state index contributed by atoms with van der Waals surface area (Å²) in [5.74, 6) is 1.88. The molecule has 1 aromatic carbocycles. The van der Waals surface area contributed by atoms with Crippen molar-refractivity contribution in [2.45, 2.75) is 19.8 Å². The summed E-state index contributed by atoms with van der Waals surface area (Å²) in [4.78, 5) is 8.74. The summed E-state index contributed by atoms with van der Waals surface area (Å²) in [5.41, 5.74) is 7.82. The number of rotatable bonds is 4. The Morgan fingerprint density at radius 1 is 1.35 bits per heavy atom. The first-order valence-corrected chi connectivity index (χ1v) is 8.46. The molecule has 1 aliphatic heterocycles. The molecule has 0 saturated carbocycles. The SMILES string of the molecule is Cc1nc(CCN=C(N)Nc2ccc3c(c2)OCCCO3)cs1. The minimum absolute atomic E-state index is 0.381. The third kappa shape index (κ3) is 4.35. The van der Waals surface area contributed by atoms with Gasteiger partial charge in [0.25, 0.3) is 0 Å². The van der Waals surface area contributed by atoms with Crippen molar-refractivity contribution in [2.75, 3.05) is 25.1 Å². The van der Waals surface area contributed by atoms with Gasteiger partial charge in [-0.3, -0.25) is 4.99 Å². The average Bonchev–Trinajstić information content (AvgIpc) is 2.81. The molecular weight excluding hydrogens is 312 g/mol. The molecule has 3 rings (SSSR count). The zero-order valence-electron chi connectivity index (χ0n) is 13.0. The lowest BCUT2D eigenvalue weighted by Crippen LogP contribution is -2.23. The zero-order valence-corrected chi connectivity index (χ0v) is 13.9. The fraction of sp³-hybridized carbons (Fsp3) is 0.375. The van der Waals surface area contributed by atoms with Gasteiger partial charge in [-0.2, -0.15) is 0 Å². The lowest BCUT2D eigenvalue weighted by Gasteiger charge is -2.10. The smallest absolute Gasteiger partial charge is 0.193 e. The summed E-state index contributed by atoms with van der Waals surface area (Å²) in [6.45, 7) is 3.94. The van der Waals surface area contributed by atoms with Gasteiger partial charge in [-0.1, -0.05) is 0 Å². The van der Waals surface area contributed by atoms with E-state index in [-0.39, 0.29) is 0 Å². The number of nitrogens with two attached hydrogens (primary N) is 1. The van der Waals surface area contributed by atoms with Gasteiger partial charge < -0.3 is 20.5 Å². The van der Waals surface area contributed by atoms with E-state index >= 15 is 0 Å². The molecule has 3 N–H and O–H groups in total. The first kappa shape index (κ1) is 15.6. The van der Waals surface area contributed by atoms with Gasteiger partial charge in [0.1, 0.15) is 0 Å². The molecule has 0 unspecified atom stereocenters. The molecule has 122 valence electrons. The Morgan fingerprint density at radius 3 is 2.96 bits per heavy atom. The van der Waals surface area contributed by atoms with Crippen LogP contribution in [0, 0.1) is 6.92 Å². The Morgan fingerprint density at radius 2 is 2.17 bits per heavy atom. The van der Waals surface area contributed by atoms with Crippen molar-refractivity contribution in [3.05, 3.63) is 34.3 Å². The van der Waals surface area contributed by atoms with Crippen LogP contribution in [-0.2, 0) is 6.42 Å². The highest BCUT2D eigenvalue weighted by Gasteiger charge is 2.10. The molecule has 23 heavy (non-hydrogen) atoms. The maximum atomic E-state index is 5.93. The number of thiazole rings is 1. The number of aryl methyl sites for hydroxylation is 1. The van der Waals surface area contributed by atoms with E-state index in [0.29, 0.717) is 25.7 Å². The van der Waals surface area contributed by atoms with Crippen LogP contribution in [0.2, 0.25) is 0 Å². The molecule has 7 heteroatoms. The number of aromatic nitrogens is 1. The fourth-order valence-electron chi connectivity index (χ4n) is 2.24. The van der Waals surface area contributed by atoms with Gasteiger partial charge in [0.05, 0.1) is 23.9 Å². The number of nitrogens with one attached hydrogen (secondary N) is 1. The Balaban J connectivity index is 1.57. The first-order chi connectivity index (χ1) is 11.2. The van der Waals surface area contributed by atoms with E-state index < -0.39 is 0 Å². The maximum Gasteiger partial charge on any atom is 0.193 e. The summed E-state index contributed by atoms with van der Waals surface area (Å²) >= 11 is 1.65. The van der Waals surface area contributed by atoms with Gasteiger partial charge in [-0.15, -0.1) is 11.3 Å². The highest BCUT2D eigenvalue weighted by atomic mass is 32.1. The molecule has 0 aliphatic carbocycles. The van der Waals surface area contributed by atoms with E-state index in [1.807, 2.05) is 25.1 Å². The molecule has 0 fully saturated rings. The standard InChI is InChI=1S/C16H20N4O2S/c1-11-19-13(10-23-11)5-6-18-16(17)20-12-3-4-14-15(9-12)22-8-2-7-21-14/h3-4,9-10H,2,5-8H2,1H3,(H3,17,18,20). The topological polar surface area (TPSA) is 81.8 Å². The predicted molar refractivity (Wildman–Crippen MR) is 92.7 cm³/mol. The summed E-state index contributed by atoms with van der Waals surface area (Å²) in [6, 6.07) is 5.67. The monoisotopic (exact) mass is 332 g/mol. The summed E-state index contributed by atoms with van der Waals surface area (Å²) in [7, 11) is 0. The molecule has 2 aromatic rings. The average molecular weight is 332 g/mol. The lowest BCUT2D eigenvalue weighted by atomic mass is 10.3. The van der Waals surface area contributed by atoms with Crippen LogP contribution in [-0.4, -0.2) is 30.7 Å². The third-order valence-electron chi connectivity index (χ3n) is 3.34. The Labute approximate surface area is 139 Å². The molecule has 2 heterocycles. The molecule has 0 bridgehead atoms. The summed E-state index contributed by atoms with van der Waals surface area (Å²) in [5, 5.41) is 6.20. The van der Waals surface area contributed by atoms with Gasteiger partial charge in [0.2, 0.25) is 0 Å². The van der Waals surface area contributed by atoms with Crippen LogP contribution in [0.4, 0.5) is 5.69 Å². The fourth-order valence-corrected chi connectivity index (χ4v) is 2.89. The molecule has 6 nitrogen and oxygen atoms in total. The highest BCUT2D eigenvalue weighted by Crippen LogP contribution is 2.32. The number of hydrogen-bond acceptors (Lipinski definition) is 5. The van der Waals surface area contributed by atoms with Crippen LogP contribution in [0.5, 0.6) is 11.5 Å². The van der Waals surface area contributed by atoms with Crippen molar-refractivity contribution < 1.29 is 9.47 Å². The van der Waals surface area contributed by atoms with Crippen molar-refractivity contribution in [1.82, 2.24) is 4.98 Å². The number of benzene rings is 1. The Bertz CT molecular complexity index is 699. The van der Waals surface area contributed by atoms with Gasteiger partial charge in [0, 0.05) is 36.5 Å². The van der Waals surface area contributed by atoms with Crippen molar-refractivity contribution >= 4 is 23.0 Å². The van der Waals surface area contributed by atoms with E-state index in [1.165, 1.54) is 0 Å². The normalized spacial score (nSPS) is 14.4. The minimum Gasteiger partial charge on any atom is -0.490 e. The number of ether oxygens (including phenoxy) is 2. The van der Waals surface area contributed by atoms with E-state index in [1.54, 1.807) is 11.3 Å². The van der Waals surface area contributed by atoms with Crippen LogP contribution in [0.1, 0.15) is 17.1 Å². The minimum atomic E-state index is 0.381. The van der Waals surface area contributed by atoms with E-state index in [9.17, 15) is 0 Å².